The van der Waals surface area contributed by atoms with Crippen LogP contribution in [0.25, 0.3) is 0 Å². The molecule has 0 fully saturated rings. The van der Waals surface area contributed by atoms with Gasteiger partial charge in [0.15, 0.2) is 0 Å². The first kappa shape index (κ1) is 11.2. The molecular weight excluding hydrogens is 238 g/mol. The van der Waals surface area contributed by atoms with Crippen molar-refractivity contribution in [3.05, 3.63) is 47.1 Å². The van der Waals surface area contributed by atoms with E-state index in [0.717, 1.165) is 0 Å². The fraction of sp³-hybridized carbons (Fsp3) is 0. The Morgan fingerprint density at radius 3 is 2.76 bits per heavy atom. The second-order valence-corrected chi connectivity index (χ2v) is 3.70. The van der Waals surface area contributed by atoms with E-state index >= 15 is 0 Å². The number of nitrogens with two attached hydrogens (primary N) is 1. The van der Waals surface area contributed by atoms with E-state index in [9.17, 15) is 0 Å². The molecule has 0 unspecified atom stereocenters. The number of aromatic nitrogens is 1. The Hall–Kier alpha value is -2.25. The third-order valence-electron chi connectivity index (χ3n) is 2.04. The molecule has 0 spiro atoms. The molecule has 0 aliphatic carbocycles. The Morgan fingerprint density at radius 2 is 2.12 bits per heavy atom. The first-order chi connectivity index (χ1) is 8.19. The van der Waals surface area contributed by atoms with Crippen molar-refractivity contribution in [2.45, 2.75) is 0 Å². The lowest BCUT2D eigenvalue weighted by Crippen LogP contribution is -1.91. The molecule has 2 N–H and O–H groups in total. The van der Waals surface area contributed by atoms with Crippen LogP contribution in [0.5, 0.6) is 11.6 Å². The van der Waals surface area contributed by atoms with E-state index < -0.39 is 0 Å². The third-order valence-corrected chi connectivity index (χ3v) is 2.35. The van der Waals surface area contributed by atoms with E-state index in [1.165, 1.54) is 6.20 Å². The summed E-state index contributed by atoms with van der Waals surface area (Å²) in [6, 6.07) is 10.1. The van der Waals surface area contributed by atoms with Gasteiger partial charge in [-0.2, -0.15) is 5.26 Å². The molecule has 4 nitrogen and oxygen atoms in total. The van der Waals surface area contributed by atoms with Gasteiger partial charge in [-0.3, -0.25) is 0 Å². The Labute approximate surface area is 103 Å². The average molecular weight is 246 g/mol. The Kier molecular flexibility index (Phi) is 3.12. The summed E-state index contributed by atoms with van der Waals surface area (Å²) in [5.74, 6) is 0.792. The predicted molar refractivity (Wildman–Crippen MR) is 64.9 cm³/mol. The number of hydrogen-bond acceptors (Lipinski definition) is 4. The second-order valence-electron chi connectivity index (χ2n) is 3.29. The first-order valence-electron chi connectivity index (χ1n) is 4.78. The quantitative estimate of drug-likeness (QED) is 0.826. The number of rotatable bonds is 2. The molecule has 17 heavy (non-hydrogen) atoms. The minimum absolute atomic E-state index is 0.358. The van der Waals surface area contributed by atoms with Crippen molar-refractivity contribution in [2.75, 3.05) is 5.73 Å². The molecule has 1 heterocycles. The number of nitriles is 1. The van der Waals surface area contributed by atoms with Crippen LogP contribution in [0.1, 0.15) is 5.56 Å². The molecule has 0 radical (unpaired) electrons. The highest BCUT2D eigenvalue weighted by atomic mass is 35.5. The molecule has 0 saturated carbocycles. The fourth-order valence-electron chi connectivity index (χ4n) is 1.22. The van der Waals surface area contributed by atoms with E-state index in [2.05, 4.69) is 4.98 Å². The summed E-state index contributed by atoms with van der Waals surface area (Å²) in [5, 5.41) is 9.08. The third kappa shape index (κ3) is 2.65. The molecule has 84 valence electrons. The molecule has 0 saturated heterocycles. The van der Waals surface area contributed by atoms with Crippen LogP contribution in [0, 0.1) is 11.3 Å². The zero-order valence-electron chi connectivity index (χ0n) is 8.72. The highest BCUT2D eigenvalue weighted by molar-refractivity contribution is 6.32. The molecule has 0 bridgehead atoms. The maximum absolute atomic E-state index is 8.63. The number of halogens is 1. The summed E-state index contributed by atoms with van der Waals surface area (Å²) in [7, 11) is 0. The Balaban J connectivity index is 2.25. The Morgan fingerprint density at radius 1 is 1.29 bits per heavy atom. The molecule has 0 amide bonds. The number of anilines is 1. The summed E-state index contributed by atoms with van der Waals surface area (Å²) in [4.78, 5) is 3.97. The summed E-state index contributed by atoms with van der Waals surface area (Å²) in [6.45, 7) is 0. The minimum atomic E-state index is 0.358. The molecule has 1 aromatic heterocycles. The van der Waals surface area contributed by atoms with Crippen molar-refractivity contribution in [2.24, 2.45) is 0 Å². The van der Waals surface area contributed by atoms with Crippen LogP contribution in [-0.4, -0.2) is 4.98 Å². The van der Waals surface area contributed by atoms with Crippen LogP contribution in [0.4, 0.5) is 5.69 Å². The van der Waals surface area contributed by atoms with Crippen LogP contribution in [0.3, 0.4) is 0 Å². The Bertz CT molecular complexity index is 575. The smallest absolute Gasteiger partial charge is 0.219 e. The number of nitrogen functional groups attached to an aromatic ring is 1. The van der Waals surface area contributed by atoms with Gasteiger partial charge in [-0.05, 0) is 18.2 Å². The van der Waals surface area contributed by atoms with Gasteiger partial charge in [0.25, 0.3) is 0 Å². The summed E-state index contributed by atoms with van der Waals surface area (Å²) < 4.78 is 5.46. The minimum Gasteiger partial charge on any atom is -0.437 e. The summed E-state index contributed by atoms with van der Waals surface area (Å²) in [6.07, 6.45) is 1.43. The molecule has 1 aromatic carbocycles. The van der Waals surface area contributed by atoms with Crippen molar-refractivity contribution < 1.29 is 4.74 Å². The van der Waals surface area contributed by atoms with Crippen molar-refractivity contribution >= 4 is 17.3 Å². The van der Waals surface area contributed by atoms with Gasteiger partial charge in [0, 0.05) is 24.0 Å². The lowest BCUT2D eigenvalue weighted by Gasteiger charge is -2.07. The van der Waals surface area contributed by atoms with Gasteiger partial charge in [-0.1, -0.05) is 11.6 Å². The topological polar surface area (TPSA) is 71.9 Å². The predicted octanol–water partition coefficient (Wildman–Crippen LogP) is 2.98. The molecular formula is C12H8ClN3O. The highest BCUT2D eigenvalue weighted by Crippen LogP contribution is 2.30. The van der Waals surface area contributed by atoms with Crippen molar-refractivity contribution in [3.63, 3.8) is 0 Å². The van der Waals surface area contributed by atoms with E-state index in [1.807, 2.05) is 6.07 Å². The standard InChI is InChI=1S/C12H8ClN3O/c13-10-3-2-9(15)5-11(10)17-12-4-1-8(6-14)7-16-12/h1-5,7H,15H2. The van der Waals surface area contributed by atoms with Gasteiger partial charge in [-0.25, -0.2) is 4.98 Å². The van der Waals surface area contributed by atoms with Gasteiger partial charge in [0.05, 0.1) is 10.6 Å². The van der Waals surface area contributed by atoms with Crippen molar-refractivity contribution in [1.29, 1.82) is 5.26 Å². The van der Waals surface area contributed by atoms with Crippen LogP contribution in [-0.2, 0) is 0 Å². The zero-order chi connectivity index (χ0) is 12.3. The fourth-order valence-corrected chi connectivity index (χ4v) is 1.37. The lowest BCUT2D eigenvalue weighted by molar-refractivity contribution is 0.463. The van der Waals surface area contributed by atoms with E-state index in [0.29, 0.717) is 27.9 Å². The average Bonchev–Trinajstić information content (AvgIpc) is 2.35. The van der Waals surface area contributed by atoms with Gasteiger partial charge >= 0.3 is 0 Å². The zero-order valence-corrected chi connectivity index (χ0v) is 9.48. The van der Waals surface area contributed by atoms with Crippen molar-refractivity contribution in [3.8, 4) is 17.7 Å². The molecule has 5 heteroatoms. The van der Waals surface area contributed by atoms with Crippen LogP contribution in [0.2, 0.25) is 5.02 Å². The molecule has 0 aliphatic heterocycles. The van der Waals surface area contributed by atoms with Crippen LogP contribution in [0.15, 0.2) is 36.5 Å². The van der Waals surface area contributed by atoms with Gasteiger partial charge in [0.2, 0.25) is 5.88 Å². The lowest BCUT2D eigenvalue weighted by atomic mass is 10.3. The SMILES string of the molecule is N#Cc1ccc(Oc2cc(N)ccc2Cl)nc1. The van der Waals surface area contributed by atoms with E-state index in [-0.39, 0.29) is 0 Å². The van der Waals surface area contributed by atoms with Crippen LogP contribution >= 0.6 is 11.6 Å². The van der Waals surface area contributed by atoms with E-state index in [4.69, 9.17) is 27.3 Å². The monoisotopic (exact) mass is 245 g/mol. The second kappa shape index (κ2) is 4.73. The molecule has 2 rings (SSSR count). The number of pyridine rings is 1. The molecule has 2 aromatic rings. The van der Waals surface area contributed by atoms with Crippen molar-refractivity contribution in [1.82, 2.24) is 4.98 Å². The maximum atomic E-state index is 8.63. The van der Waals surface area contributed by atoms with Gasteiger partial charge < -0.3 is 10.5 Å². The largest absolute Gasteiger partial charge is 0.437 e. The van der Waals surface area contributed by atoms with Crippen LogP contribution < -0.4 is 10.5 Å². The normalized spacial score (nSPS) is 9.65. The number of nitrogens with zero attached hydrogens (tertiary/aromatic N) is 2. The molecule has 0 atom stereocenters. The first-order valence-corrected chi connectivity index (χ1v) is 5.16. The maximum Gasteiger partial charge on any atom is 0.219 e. The number of benzene rings is 1. The number of ether oxygens (including phenoxy) is 1. The highest BCUT2D eigenvalue weighted by Gasteiger charge is 2.04. The summed E-state index contributed by atoms with van der Waals surface area (Å²) >= 11 is 5.94. The van der Waals surface area contributed by atoms with Gasteiger partial charge in [-0.15, -0.1) is 0 Å². The number of hydrogen-bond donors (Lipinski definition) is 1. The van der Waals surface area contributed by atoms with Gasteiger partial charge in [0.1, 0.15) is 11.8 Å². The van der Waals surface area contributed by atoms with E-state index in [1.54, 1.807) is 30.3 Å². The molecule has 0 aliphatic rings. The summed E-state index contributed by atoms with van der Waals surface area (Å²) in [5.41, 5.74) is 6.65.